The molecule has 1 rings (SSSR count). The molecule has 0 radical (unpaired) electrons. The molecule has 0 aliphatic heterocycles. The number of benzene rings is 1. The summed E-state index contributed by atoms with van der Waals surface area (Å²) >= 11 is 0. The van der Waals surface area contributed by atoms with Crippen LogP contribution in [0.1, 0.15) is 5.56 Å². The van der Waals surface area contributed by atoms with Crippen molar-refractivity contribution < 1.29 is 9.05 Å². The fourth-order valence-corrected chi connectivity index (χ4v) is 1.39. The minimum absolute atomic E-state index is 0.386. The van der Waals surface area contributed by atoms with Crippen LogP contribution < -0.4 is 5.90 Å². The normalized spacial score (nSPS) is 12.8. The lowest BCUT2D eigenvalue weighted by atomic mass is 10.2. The summed E-state index contributed by atoms with van der Waals surface area (Å²) < 4.78 is 11.0. The zero-order valence-electron chi connectivity index (χ0n) is 6.82. The van der Waals surface area contributed by atoms with Gasteiger partial charge in [0.15, 0.2) is 0 Å². The van der Waals surface area contributed by atoms with Gasteiger partial charge in [0.2, 0.25) is 0 Å². The molecule has 2 N–H and O–H groups in total. The maximum absolute atomic E-state index is 11.0. The highest BCUT2D eigenvalue weighted by Gasteiger charge is 1.96. The highest BCUT2D eigenvalue weighted by Crippen LogP contribution is 2.07. The second kappa shape index (κ2) is 4.35. The molecule has 0 aromatic heterocycles. The SMILES string of the molecule is CS(=O)c1ccc(CON)cc1. The van der Waals surface area contributed by atoms with Gasteiger partial charge in [0.25, 0.3) is 0 Å². The van der Waals surface area contributed by atoms with Crippen molar-refractivity contribution in [3.63, 3.8) is 0 Å². The van der Waals surface area contributed by atoms with E-state index in [2.05, 4.69) is 4.84 Å². The van der Waals surface area contributed by atoms with E-state index in [-0.39, 0.29) is 0 Å². The molecule has 0 aliphatic carbocycles. The van der Waals surface area contributed by atoms with Crippen molar-refractivity contribution >= 4 is 10.8 Å². The Kier molecular flexibility index (Phi) is 3.40. The molecule has 1 atom stereocenters. The molecule has 66 valence electrons. The molecule has 0 aliphatic rings. The third-order valence-corrected chi connectivity index (χ3v) is 2.44. The van der Waals surface area contributed by atoms with Gasteiger partial charge < -0.3 is 0 Å². The minimum atomic E-state index is -0.913. The molecule has 1 aromatic rings. The molecular weight excluding hydrogens is 174 g/mol. The van der Waals surface area contributed by atoms with E-state index in [1.165, 1.54) is 0 Å². The molecule has 3 nitrogen and oxygen atoms in total. The van der Waals surface area contributed by atoms with Crippen LogP contribution in [0.3, 0.4) is 0 Å². The molecule has 1 aromatic carbocycles. The zero-order chi connectivity index (χ0) is 8.97. The van der Waals surface area contributed by atoms with Crippen molar-refractivity contribution in [1.29, 1.82) is 0 Å². The number of rotatable bonds is 3. The first-order valence-corrected chi connectivity index (χ1v) is 5.04. The second-order valence-corrected chi connectivity index (χ2v) is 3.79. The summed E-state index contributed by atoms with van der Waals surface area (Å²) in [5.41, 5.74) is 0.978. The van der Waals surface area contributed by atoms with Gasteiger partial charge >= 0.3 is 0 Å². The van der Waals surface area contributed by atoms with Gasteiger partial charge in [-0.15, -0.1) is 0 Å². The first kappa shape index (κ1) is 9.38. The van der Waals surface area contributed by atoms with Crippen molar-refractivity contribution in [2.75, 3.05) is 6.26 Å². The molecule has 0 heterocycles. The van der Waals surface area contributed by atoms with Crippen molar-refractivity contribution in [2.45, 2.75) is 11.5 Å². The Hall–Kier alpha value is -0.710. The van der Waals surface area contributed by atoms with Crippen LogP contribution >= 0.6 is 0 Å². The Morgan fingerprint density at radius 3 is 2.42 bits per heavy atom. The molecule has 0 bridgehead atoms. The van der Waals surface area contributed by atoms with Gasteiger partial charge in [-0.1, -0.05) is 12.1 Å². The Morgan fingerprint density at radius 1 is 1.42 bits per heavy atom. The summed E-state index contributed by atoms with van der Waals surface area (Å²) in [6, 6.07) is 7.32. The van der Waals surface area contributed by atoms with E-state index < -0.39 is 10.8 Å². The number of nitrogens with two attached hydrogens (primary N) is 1. The largest absolute Gasteiger partial charge is 0.300 e. The second-order valence-electron chi connectivity index (χ2n) is 2.41. The molecule has 0 spiro atoms. The molecule has 1 unspecified atom stereocenters. The van der Waals surface area contributed by atoms with Gasteiger partial charge in [-0.05, 0) is 17.7 Å². The van der Waals surface area contributed by atoms with E-state index >= 15 is 0 Å². The van der Waals surface area contributed by atoms with E-state index in [4.69, 9.17) is 5.90 Å². The zero-order valence-corrected chi connectivity index (χ0v) is 7.64. The Morgan fingerprint density at radius 2 is 2.00 bits per heavy atom. The van der Waals surface area contributed by atoms with Crippen molar-refractivity contribution in [3.8, 4) is 0 Å². The van der Waals surface area contributed by atoms with Crippen LogP contribution in [0.25, 0.3) is 0 Å². The summed E-state index contributed by atoms with van der Waals surface area (Å²) in [6.45, 7) is 0.386. The average Bonchev–Trinajstić information content (AvgIpc) is 2.06. The van der Waals surface area contributed by atoms with Crippen LogP contribution in [0, 0.1) is 0 Å². The van der Waals surface area contributed by atoms with Crippen LogP contribution in [0.2, 0.25) is 0 Å². The van der Waals surface area contributed by atoms with E-state index in [1.807, 2.05) is 24.3 Å². The fourth-order valence-electron chi connectivity index (χ4n) is 0.874. The standard InChI is InChI=1S/C8H11NO2S/c1-12(10)8-4-2-7(3-5-8)6-11-9/h2-5H,6,9H2,1H3. The first-order valence-electron chi connectivity index (χ1n) is 3.48. The third kappa shape index (κ3) is 2.41. The highest BCUT2D eigenvalue weighted by molar-refractivity contribution is 7.84. The Balaban J connectivity index is 2.78. The lowest BCUT2D eigenvalue weighted by Crippen LogP contribution is -1.98. The maximum Gasteiger partial charge on any atom is 0.0930 e. The summed E-state index contributed by atoms with van der Waals surface area (Å²) in [6.07, 6.45) is 1.65. The third-order valence-electron chi connectivity index (χ3n) is 1.51. The van der Waals surface area contributed by atoms with Crippen LogP contribution in [0.5, 0.6) is 0 Å². The summed E-state index contributed by atoms with van der Waals surface area (Å²) in [5, 5.41) is 0. The van der Waals surface area contributed by atoms with Gasteiger partial charge in [0, 0.05) is 22.0 Å². The van der Waals surface area contributed by atoms with Crippen LogP contribution in [-0.4, -0.2) is 10.5 Å². The highest BCUT2D eigenvalue weighted by atomic mass is 32.2. The molecular formula is C8H11NO2S. The number of hydrogen-bond donors (Lipinski definition) is 1. The van der Waals surface area contributed by atoms with Crippen LogP contribution in [0.4, 0.5) is 0 Å². The predicted octanol–water partition coefficient (Wildman–Crippen LogP) is 0.814. The molecule has 0 amide bonds. The van der Waals surface area contributed by atoms with E-state index in [9.17, 15) is 4.21 Å². The van der Waals surface area contributed by atoms with Gasteiger partial charge in [0.1, 0.15) is 0 Å². The van der Waals surface area contributed by atoms with E-state index in [0.29, 0.717) is 6.61 Å². The Labute approximate surface area is 73.9 Å². The van der Waals surface area contributed by atoms with Gasteiger partial charge in [0.05, 0.1) is 6.61 Å². The summed E-state index contributed by atoms with van der Waals surface area (Å²) in [7, 11) is -0.913. The van der Waals surface area contributed by atoms with Gasteiger partial charge in [-0.25, -0.2) is 5.90 Å². The number of hydrogen-bond acceptors (Lipinski definition) is 3. The van der Waals surface area contributed by atoms with Crippen molar-refractivity contribution in [1.82, 2.24) is 0 Å². The van der Waals surface area contributed by atoms with Crippen LogP contribution in [0.15, 0.2) is 29.2 Å². The van der Waals surface area contributed by atoms with E-state index in [0.717, 1.165) is 10.5 Å². The minimum Gasteiger partial charge on any atom is -0.300 e. The smallest absolute Gasteiger partial charge is 0.0930 e. The van der Waals surface area contributed by atoms with Crippen molar-refractivity contribution in [2.24, 2.45) is 5.90 Å². The Bertz CT molecular complexity index is 271. The van der Waals surface area contributed by atoms with Crippen LogP contribution in [-0.2, 0) is 22.2 Å². The van der Waals surface area contributed by atoms with E-state index in [1.54, 1.807) is 6.26 Å². The van der Waals surface area contributed by atoms with Crippen molar-refractivity contribution in [3.05, 3.63) is 29.8 Å². The first-order chi connectivity index (χ1) is 5.74. The fraction of sp³-hybridized carbons (Fsp3) is 0.250. The predicted molar refractivity (Wildman–Crippen MR) is 47.8 cm³/mol. The lowest BCUT2D eigenvalue weighted by molar-refractivity contribution is 0.124. The van der Waals surface area contributed by atoms with Gasteiger partial charge in [-0.3, -0.25) is 9.05 Å². The topological polar surface area (TPSA) is 52.3 Å². The summed E-state index contributed by atoms with van der Waals surface area (Å²) in [4.78, 5) is 5.27. The molecule has 0 saturated carbocycles. The molecule has 0 fully saturated rings. The maximum atomic E-state index is 11.0. The average molecular weight is 185 g/mol. The lowest BCUT2D eigenvalue weighted by Gasteiger charge is -1.99. The quantitative estimate of drug-likeness (QED) is 0.709. The summed E-state index contributed by atoms with van der Waals surface area (Å²) in [5.74, 6) is 4.90. The molecule has 4 heteroatoms. The molecule has 0 saturated heterocycles. The monoisotopic (exact) mass is 185 g/mol. The van der Waals surface area contributed by atoms with Gasteiger partial charge in [-0.2, -0.15) is 0 Å². The molecule has 12 heavy (non-hydrogen) atoms.